The van der Waals surface area contributed by atoms with Crippen molar-refractivity contribution in [1.29, 1.82) is 0 Å². The monoisotopic (exact) mass is 622 g/mol. The van der Waals surface area contributed by atoms with Gasteiger partial charge in [0.05, 0.1) is 24.4 Å². The Hall–Kier alpha value is -3.31. The van der Waals surface area contributed by atoms with Gasteiger partial charge in [0.15, 0.2) is 6.29 Å². The smallest absolute Gasteiger partial charge is 0.303 e. The summed E-state index contributed by atoms with van der Waals surface area (Å²) in [5.74, 6) is -1.16. The number of halogens is 1. The molecule has 0 aliphatic carbocycles. The highest BCUT2D eigenvalue weighted by Gasteiger charge is 2.37. The van der Waals surface area contributed by atoms with Gasteiger partial charge in [0.1, 0.15) is 0 Å². The number of nitrogens with one attached hydrogen (secondary N) is 1. The minimum Gasteiger partial charge on any atom is -0.481 e. The number of carbonyl (C=O) groups is 2. The van der Waals surface area contributed by atoms with Crippen LogP contribution in [0.2, 0.25) is 5.02 Å². The molecule has 3 aromatic carbocycles. The van der Waals surface area contributed by atoms with Gasteiger partial charge >= 0.3 is 5.97 Å². The lowest BCUT2D eigenvalue weighted by atomic mass is 9.84. The molecule has 2 fully saturated rings. The summed E-state index contributed by atoms with van der Waals surface area (Å²) in [6.45, 7) is 2.11. The standard InChI is InChI=1S/C34H39ClN2O7/c35-27-12-10-26(11-13-27)34(42)16-18-37(19-17-34)21-29-20-30(24-6-4-23(22-38)5-7-24)44-33(43-29)25-8-14-28(15-9-25)36-31(39)2-1-3-32(40)41/h4-15,29-30,33,38,42H,1-3,16-22H2,(H,36,39)(H,40,41)/t29-,30+,33+/m0/s1. The van der Waals surface area contributed by atoms with Crippen molar-refractivity contribution in [3.63, 3.8) is 0 Å². The Bertz CT molecular complexity index is 1390. The van der Waals surface area contributed by atoms with E-state index in [-0.39, 0.29) is 44.0 Å². The second-order valence-corrected chi connectivity index (χ2v) is 12.0. The summed E-state index contributed by atoms with van der Waals surface area (Å²) in [4.78, 5) is 25.2. The van der Waals surface area contributed by atoms with Gasteiger partial charge in [0, 0.05) is 55.2 Å². The Labute approximate surface area is 262 Å². The van der Waals surface area contributed by atoms with E-state index in [9.17, 15) is 19.8 Å². The van der Waals surface area contributed by atoms with Gasteiger partial charge in [-0.2, -0.15) is 0 Å². The van der Waals surface area contributed by atoms with Gasteiger partial charge in [-0.3, -0.25) is 9.59 Å². The molecule has 4 N–H and O–H groups in total. The molecule has 44 heavy (non-hydrogen) atoms. The second kappa shape index (κ2) is 14.6. The molecule has 2 aliphatic rings. The first kappa shape index (κ1) is 32.1. The number of piperidine rings is 1. The molecule has 0 bridgehead atoms. The second-order valence-electron chi connectivity index (χ2n) is 11.6. The molecule has 2 heterocycles. The van der Waals surface area contributed by atoms with Crippen molar-refractivity contribution in [3.8, 4) is 0 Å². The quantitative estimate of drug-likeness (QED) is 0.219. The van der Waals surface area contributed by atoms with Crippen LogP contribution in [0.4, 0.5) is 5.69 Å². The Morgan fingerprint density at radius 2 is 1.57 bits per heavy atom. The lowest BCUT2D eigenvalue weighted by Gasteiger charge is -2.42. The summed E-state index contributed by atoms with van der Waals surface area (Å²) in [6.07, 6.45) is 1.24. The van der Waals surface area contributed by atoms with Crippen LogP contribution in [0.5, 0.6) is 0 Å². The molecule has 3 atom stereocenters. The number of rotatable bonds is 11. The molecule has 3 aromatic rings. The van der Waals surface area contributed by atoms with Crippen molar-refractivity contribution in [3.05, 3.63) is 100 Å². The summed E-state index contributed by atoms with van der Waals surface area (Å²) in [7, 11) is 0. The van der Waals surface area contributed by atoms with Crippen molar-refractivity contribution >= 4 is 29.2 Å². The molecule has 0 unspecified atom stereocenters. The number of likely N-dealkylation sites (tertiary alicyclic amines) is 1. The normalized spacial score (nSPS) is 21.9. The molecule has 10 heteroatoms. The number of amides is 1. The van der Waals surface area contributed by atoms with Crippen LogP contribution in [0, 0.1) is 0 Å². The van der Waals surface area contributed by atoms with E-state index < -0.39 is 17.9 Å². The number of carboxylic acid groups (broad SMARTS) is 1. The lowest BCUT2D eigenvalue weighted by molar-refractivity contribution is -0.253. The highest BCUT2D eigenvalue weighted by atomic mass is 35.5. The van der Waals surface area contributed by atoms with Gasteiger partial charge in [-0.25, -0.2) is 0 Å². The highest BCUT2D eigenvalue weighted by molar-refractivity contribution is 6.30. The predicted molar refractivity (Wildman–Crippen MR) is 166 cm³/mol. The molecule has 9 nitrogen and oxygen atoms in total. The van der Waals surface area contributed by atoms with Crippen LogP contribution in [0.3, 0.4) is 0 Å². The number of aliphatic carboxylic acids is 1. The van der Waals surface area contributed by atoms with Gasteiger partial charge in [-0.05, 0) is 60.2 Å². The molecule has 0 aromatic heterocycles. The van der Waals surface area contributed by atoms with E-state index in [1.165, 1.54) is 0 Å². The number of ether oxygens (including phenoxy) is 2. The number of nitrogens with zero attached hydrogens (tertiary/aromatic N) is 1. The largest absolute Gasteiger partial charge is 0.481 e. The van der Waals surface area contributed by atoms with Gasteiger partial charge in [0.25, 0.3) is 0 Å². The minimum atomic E-state index is -0.921. The average Bonchev–Trinajstić information content (AvgIpc) is 3.02. The zero-order valence-electron chi connectivity index (χ0n) is 24.5. The first-order chi connectivity index (χ1) is 21.2. The van der Waals surface area contributed by atoms with Crippen LogP contribution in [0.1, 0.15) is 73.2 Å². The fourth-order valence-corrected chi connectivity index (χ4v) is 5.95. The summed E-state index contributed by atoms with van der Waals surface area (Å²) in [5, 5.41) is 33.1. The molecule has 5 rings (SSSR count). The molecule has 234 valence electrons. The molecular formula is C34H39ClN2O7. The number of aliphatic hydroxyl groups excluding tert-OH is 1. The summed E-state index contributed by atoms with van der Waals surface area (Å²) >= 11 is 6.05. The van der Waals surface area contributed by atoms with Crippen molar-refractivity contribution in [1.82, 2.24) is 4.90 Å². The molecule has 1 amide bonds. The van der Waals surface area contributed by atoms with Crippen LogP contribution in [0.25, 0.3) is 0 Å². The molecule has 2 saturated heterocycles. The van der Waals surface area contributed by atoms with Crippen molar-refractivity contribution in [2.45, 2.75) is 69.2 Å². The number of benzene rings is 3. The average molecular weight is 623 g/mol. The topological polar surface area (TPSA) is 129 Å². The molecule has 0 saturated carbocycles. The lowest BCUT2D eigenvalue weighted by Crippen LogP contribution is -2.46. The maximum absolute atomic E-state index is 12.2. The number of carbonyl (C=O) groups excluding carboxylic acids is 1. The van der Waals surface area contributed by atoms with E-state index in [4.69, 9.17) is 26.2 Å². The summed E-state index contributed by atoms with van der Waals surface area (Å²) < 4.78 is 12.9. The van der Waals surface area contributed by atoms with E-state index in [1.807, 2.05) is 60.7 Å². The first-order valence-electron chi connectivity index (χ1n) is 15.0. The summed E-state index contributed by atoms with van der Waals surface area (Å²) in [6, 6.07) is 22.5. The van der Waals surface area contributed by atoms with Crippen LogP contribution in [0.15, 0.2) is 72.8 Å². The van der Waals surface area contributed by atoms with Crippen molar-refractivity contribution < 1.29 is 34.4 Å². The number of hydrogen-bond acceptors (Lipinski definition) is 7. The fourth-order valence-electron chi connectivity index (χ4n) is 5.82. The predicted octanol–water partition coefficient (Wildman–Crippen LogP) is 5.55. The summed E-state index contributed by atoms with van der Waals surface area (Å²) in [5.41, 5.74) is 3.25. The van der Waals surface area contributed by atoms with E-state index in [1.54, 1.807) is 12.1 Å². The van der Waals surface area contributed by atoms with E-state index in [0.29, 0.717) is 36.5 Å². The number of aliphatic hydroxyl groups is 2. The van der Waals surface area contributed by atoms with Crippen LogP contribution in [-0.4, -0.2) is 57.8 Å². The van der Waals surface area contributed by atoms with Gasteiger partial charge in [-0.1, -0.05) is 60.1 Å². The van der Waals surface area contributed by atoms with Crippen LogP contribution in [-0.2, 0) is 31.3 Å². The number of hydrogen-bond donors (Lipinski definition) is 4. The third-order valence-corrected chi connectivity index (χ3v) is 8.65. The van der Waals surface area contributed by atoms with Gasteiger partial charge in [0.2, 0.25) is 5.91 Å². The van der Waals surface area contributed by atoms with Crippen LogP contribution < -0.4 is 5.32 Å². The first-order valence-corrected chi connectivity index (χ1v) is 15.4. The van der Waals surface area contributed by atoms with Gasteiger partial charge < -0.3 is 35.0 Å². The molecule has 2 aliphatic heterocycles. The molecule has 0 radical (unpaired) electrons. The SMILES string of the molecule is O=C(O)CCCC(=O)Nc1ccc([C@@H]2O[C@H](CN3CCC(O)(c4ccc(Cl)cc4)CC3)C[C@H](c3ccc(CO)cc3)O2)cc1. The van der Waals surface area contributed by atoms with Crippen molar-refractivity contribution in [2.24, 2.45) is 0 Å². The van der Waals surface area contributed by atoms with Gasteiger partial charge in [-0.15, -0.1) is 0 Å². The third kappa shape index (κ3) is 8.44. The molecular weight excluding hydrogens is 584 g/mol. The van der Waals surface area contributed by atoms with E-state index >= 15 is 0 Å². The number of carboxylic acids is 1. The molecule has 0 spiro atoms. The Kier molecular flexibility index (Phi) is 10.7. The van der Waals surface area contributed by atoms with E-state index in [0.717, 1.165) is 35.3 Å². The minimum absolute atomic E-state index is 0.0278. The Balaban J connectivity index is 1.25. The van der Waals surface area contributed by atoms with E-state index in [2.05, 4.69) is 10.2 Å². The highest BCUT2D eigenvalue weighted by Crippen LogP contribution is 2.39. The van der Waals surface area contributed by atoms with Crippen molar-refractivity contribution in [2.75, 3.05) is 25.0 Å². The zero-order chi connectivity index (χ0) is 31.1. The third-order valence-electron chi connectivity index (χ3n) is 8.40. The Morgan fingerprint density at radius 3 is 2.20 bits per heavy atom. The van der Waals surface area contributed by atoms with Crippen LogP contribution >= 0.6 is 11.6 Å². The zero-order valence-corrected chi connectivity index (χ0v) is 25.3. The Morgan fingerprint density at radius 1 is 0.909 bits per heavy atom. The number of anilines is 1. The fraction of sp³-hybridized carbons (Fsp3) is 0.412. The maximum Gasteiger partial charge on any atom is 0.303 e. The maximum atomic E-state index is 12.2.